The number of hydrogen-bond donors (Lipinski definition) is 2. The van der Waals surface area contributed by atoms with Crippen molar-refractivity contribution in [2.45, 2.75) is 45.3 Å². The van der Waals surface area contributed by atoms with Crippen molar-refractivity contribution >= 4 is 11.6 Å². The van der Waals surface area contributed by atoms with Crippen LogP contribution in [0.2, 0.25) is 0 Å². The van der Waals surface area contributed by atoms with Gasteiger partial charge in [-0.25, -0.2) is 8.78 Å². The second-order valence-electron chi connectivity index (χ2n) is 9.18. The van der Waals surface area contributed by atoms with E-state index in [4.69, 9.17) is 0 Å². The summed E-state index contributed by atoms with van der Waals surface area (Å²) in [6, 6.07) is 5.66. The van der Waals surface area contributed by atoms with Crippen molar-refractivity contribution in [2.75, 3.05) is 4.90 Å². The zero-order chi connectivity index (χ0) is 23.0. The minimum Gasteiger partial charge on any atom is -0.512 e. The molecule has 1 fully saturated rings. The lowest BCUT2D eigenvalue weighted by Crippen LogP contribution is -2.64. The largest absolute Gasteiger partial charge is 0.512 e. The fourth-order valence-corrected chi connectivity index (χ4v) is 5.20. The van der Waals surface area contributed by atoms with Crippen molar-refractivity contribution in [3.63, 3.8) is 0 Å². The number of carbonyl (C=O) groups is 1. The molecule has 170 valence electrons. The highest BCUT2D eigenvalue weighted by molar-refractivity contribution is 6.04. The molecule has 0 saturated carbocycles. The highest BCUT2D eigenvalue weighted by Crippen LogP contribution is 2.44. The molecule has 1 aromatic rings. The zero-order valence-electron chi connectivity index (χ0n) is 18.3. The van der Waals surface area contributed by atoms with Gasteiger partial charge in [-0.05, 0) is 72.7 Å². The molecule has 1 aliphatic heterocycles. The van der Waals surface area contributed by atoms with Gasteiger partial charge in [0.2, 0.25) is 5.91 Å². The third kappa shape index (κ3) is 4.29. The summed E-state index contributed by atoms with van der Waals surface area (Å²) in [5.74, 6) is -1.17. The first-order chi connectivity index (χ1) is 15.3. The number of hydrogen-bond acceptors (Lipinski definition) is 3. The lowest BCUT2D eigenvalue weighted by molar-refractivity contribution is -0.132. The van der Waals surface area contributed by atoms with E-state index in [9.17, 15) is 23.8 Å². The number of benzene rings is 1. The average Bonchev–Trinajstić information content (AvgIpc) is 2.74. The summed E-state index contributed by atoms with van der Waals surface area (Å²) in [4.78, 5) is 14.9. The predicted octanol–water partition coefficient (Wildman–Crippen LogP) is 5.38. The maximum absolute atomic E-state index is 13.5. The topological polar surface area (TPSA) is 60.8 Å². The first-order valence-electron chi connectivity index (χ1n) is 11.2. The maximum atomic E-state index is 13.5. The Balaban J connectivity index is 1.55. The molecule has 0 bridgehead atoms. The van der Waals surface area contributed by atoms with E-state index in [0.29, 0.717) is 30.7 Å². The van der Waals surface area contributed by atoms with Crippen LogP contribution in [0.25, 0.3) is 0 Å². The van der Waals surface area contributed by atoms with Gasteiger partial charge in [0.25, 0.3) is 0 Å². The number of halogens is 2. The van der Waals surface area contributed by atoms with Gasteiger partial charge in [-0.2, -0.15) is 0 Å². The summed E-state index contributed by atoms with van der Waals surface area (Å²) < 4.78 is 26.9. The van der Waals surface area contributed by atoms with Gasteiger partial charge >= 0.3 is 0 Å². The predicted molar refractivity (Wildman–Crippen MR) is 120 cm³/mol. The van der Waals surface area contributed by atoms with E-state index >= 15 is 0 Å². The third-order valence-corrected chi connectivity index (χ3v) is 6.96. The monoisotopic (exact) mass is 441 g/mol. The number of rotatable bonds is 6. The Morgan fingerprint density at radius 1 is 1.16 bits per heavy atom. The molecule has 2 N–H and O–H groups in total. The number of nitrogens with zero attached hydrogens (tertiary/aromatic N) is 1. The highest BCUT2D eigenvalue weighted by atomic mass is 19.1. The van der Waals surface area contributed by atoms with Crippen LogP contribution in [-0.2, 0) is 4.79 Å². The van der Waals surface area contributed by atoms with Crippen molar-refractivity contribution in [1.82, 2.24) is 0 Å². The van der Waals surface area contributed by atoms with Gasteiger partial charge in [-0.3, -0.25) is 4.79 Å². The molecule has 1 heterocycles. The Bertz CT molecular complexity index is 995. The molecule has 4 nitrogen and oxygen atoms in total. The molecular weight excluding hydrogens is 412 g/mol. The smallest absolute Gasteiger partial charge is 0.233 e. The van der Waals surface area contributed by atoms with E-state index in [1.807, 2.05) is 19.9 Å². The minimum atomic E-state index is -0.696. The molecule has 0 radical (unpaired) electrons. The third-order valence-electron chi connectivity index (χ3n) is 6.96. The molecule has 1 saturated heterocycles. The van der Waals surface area contributed by atoms with Crippen LogP contribution < -0.4 is 4.90 Å². The Kier molecular flexibility index (Phi) is 6.33. The summed E-state index contributed by atoms with van der Waals surface area (Å²) in [5.41, 5.74) is 1.67. The van der Waals surface area contributed by atoms with Crippen LogP contribution in [0.5, 0.6) is 0 Å². The SMILES string of the molecule is CC1C=C(F)C=CC1[C@@H](O)C[C@@H](C)[C@H]1C(=O)N(c2ccc(F)cc2)[C@@H]1C1=CC=C(O)CC1. The fraction of sp³-hybridized carbons (Fsp3) is 0.423. The number of anilines is 1. The van der Waals surface area contributed by atoms with Gasteiger partial charge in [0.15, 0.2) is 0 Å². The Hall–Kier alpha value is -2.73. The molecule has 2 unspecified atom stereocenters. The summed E-state index contributed by atoms with van der Waals surface area (Å²) in [5, 5.41) is 20.6. The van der Waals surface area contributed by atoms with Crippen LogP contribution in [0.1, 0.15) is 33.1 Å². The van der Waals surface area contributed by atoms with Crippen molar-refractivity contribution < 1.29 is 23.8 Å². The lowest BCUT2D eigenvalue weighted by atomic mass is 9.70. The van der Waals surface area contributed by atoms with Gasteiger partial charge in [0, 0.05) is 18.0 Å². The average molecular weight is 442 g/mol. The minimum absolute atomic E-state index is 0.0563. The fourth-order valence-electron chi connectivity index (χ4n) is 5.20. The van der Waals surface area contributed by atoms with Gasteiger partial charge in [-0.15, -0.1) is 0 Å². The number of β-lactam (4-membered cyclic amide) rings is 1. The zero-order valence-corrected chi connectivity index (χ0v) is 18.3. The van der Waals surface area contributed by atoms with Crippen molar-refractivity contribution in [2.24, 2.45) is 23.7 Å². The molecular formula is C26H29F2NO3. The van der Waals surface area contributed by atoms with Crippen molar-refractivity contribution in [3.8, 4) is 0 Å². The molecule has 1 amide bonds. The molecule has 2 aliphatic carbocycles. The number of allylic oxidation sites excluding steroid dienone is 6. The molecule has 1 aromatic carbocycles. The number of amides is 1. The summed E-state index contributed by atoms with van der Waals surface area (Å²) >= 11 is 0. The quantitative estimate of drug-likeness (QED) is 0.583. The Labute approximate surface area is 187 Å². The van der Waals surface area contributed by atoms with Crippen LogP contribution in [-0.4, -0.2) is 28.3 Å². The number of aliphatic hydroxyl groups excluding tert-OH is 2. The van der Waals surface area contributed by atoms with Crippen LogP contribution in [0, 0.1) is 29.5 Å². The van der Waals surface area contributed by atoms with Gasteiger partial charge < -0.3 is 15.1 Å². The standard InChI is InChI=1S/C26H29F2NO3/c1-15-13-19(28)7-12-22(15)23(31)14-16(2)24-25(17-3-10-21(30)11-4-17)29(26(24)32)20-8-5-18(27)6-9-20/h3,5-10,12-13,15-16,22-25,30-31H,4,11,14H2,1-2H3/t15?,16-,22?,23+,24-,25-/m1/s1. The summed E-state index contributed by atoms with van der Waals surface area (Å²) in [6.45, 7) is 3.84. The first kappa shape index (κ1) is 22.5. The van der Waals surface area contributed by atoms with Crippen molar-refractivity contribution in [1.29, 1.82) is 0 Å². The Morgan fingerprint density at radius 2 is 1.88 bits per heavy atom. The molecule has 6 atom stereocenters. The van der Waals surface area contributed by atoms with Gasteiger partial charge in [0.05, 0.1) is 23.8 Å². The van der Waals surface area contributed by atoms with E-state index in [2.05, 4.69) is 0 Å². The second-order valence-corrected chi connectivity index (χ2v) is 9.18. The van der Waals surface area contributed by atoms with Crippen LogP contribution in [0.3, 0.4) is 0 Å². The lowest BCUT2D eigenvalue weighted by Gasteiger charge is -2.51. The van der Waals surface area contributed by atoms with Crippen LogP contribution in [0.15, 0.2) is 71.8 Å². The molecule has 3 aliphatic rings. The summed E-state index contributed by atoms with van der Waals surface area (Å²) in [6.07, 6.45) is 9.00. The normalized spacial score (nSPS) is 29.6. The first-order valence-corrected chi connectivity index (χ1v) is 11.2. The number of aliphatic hydroxyl groups is 2. The second kappa shape index (κ2) is 9.02. The van der Waals surface area contributed by atoms with Crippen molar-refractivity contribution in [3.05, 3.63) is 77.6 Å². The van der Waals surface area contributed by atoms with Crippen LogP contribution in [0.4, 0.5) is 14.5 Å². The van der Waals surface area contributed by atoms with Gasteiger partial charge in [0.1, 0.15) is 11.6 Å². The van der Waals surface area contributed by atoms with Crippen LogP contribution >= 0.6 is 0 Å². The molecule has 0 spiro atoms. The molecule has 6 heteroatoms. The van der Waals surface area contributed by atoms with E-state index in [1.165, 1.54) is 24.3 Å². The van der Waals surface area contributed by atoms with E-state index in [0.717, 1.165) is 5.57 Å². The highest BCUT2D eigenvalue weighted by Gasteiger charge is 2.52. The molecule has 0 aromatic heterocycles. The van der Waals surface area contributed by atoms with E-state index < -0.39 is 6.10 Å². The maximum Gasteiger partial charge on any atom is 0.233 e. The van der Waals surface area contributed by atoms with E-state index in [1.54, 1.807) is 29.2 Å². The van der Waals surface area contributed by atoms with E-state index in [-0.39, 0.29) is 47.3 Å². The van der Waals surface area contributed by atoms with Gasteiger partial charge in [-0.1, -0.05) is 26.0 Å². The Morgan fingerprint density at radius 3 is 2.50 bits per heavy atom. The molecule has 4 rings (SSSR count). The summed E-state index contributed by atoms with van der Waals surface area (Å²) in [7, 11) is 0. The number of carbonyl (C=O) groups excluding carboxylic acids is 1. The molecule has 32 heavy (non-hydrogen) atoms.